The summed E-state index contributed by atoms with van der Waals surface area (Å²) in [5.74, 6) is -1.20. The van der Waals surface area contributed by atoms with Crippen LogP contribution in [0.25, 0.3) is 0 Å². The number of hydrogen-bond donors (Lipinski definition) is 0. The maximum absolute atomic E-state index is 11.0. The minimum atomic E-state index is -0.854. The van der Waals surface area contributed by atoms with Crippen LogP contribution in [0.3, 0.4) is 0 Å². The third-order valence-electron chi connectivity index (χ3n) is 1.39. The fourth-order valence-corrected chi connectivity index (χ4v) is 0.901. The van der Waals surface area contributed by atoms with Crippen LogP contribution >= 0.6 is 0 Å². The molecule has 4 nitrogen and oxygen atoms in total. The Balaban J connectivity index is 0.00000144. The van der Waals surface area contributed by atoms with Crippen molar-refractivity contribution in [1.29, 1.82) is 0 Å². The first kappa shape index (κ1) is 13.1. The van der Waals surface area contributed by atoms with E-state index in [0.29, 0.717) is 0 Å². The molecule has 0 unspecified atom stereocenters. The summed E-state index contributed by atoms with van der Waals surface area (Å²) >= 11 is 0. The molecule has 1 heterocycles. The second kappa shape index (κ2) is 5.07. The topological polar surface area (TPSA) is 70.3 Å². The van der Waals surface area contributed by atoms with Gasteiger partial charge in [0, 0.05) is 0 Å². The number of rotatable bonds is 1. The summed E-state index contributed by atoms with van der Waals surface area (Å²) < 4.78 is 4.57. The molecule has 64 valence electrons. The molecule has 0 fully saturated rings. The number of carbonyl (C=O) groups is 1. The molecule has 0 aliphatic heterocycles. The molecule has 0 saturated heterocycles. The van der Waals surface area contributed by atoms with Gasteiger partial charge in [-0.05, 0) is 25.7 Å². The van der Waals surface area contributed by atoms with Gasteiger partial charge in [0.15, 0.2) is 11.2 Å². The summed E-state index contributed by atoms with van der Waals surface area (Å²) in [7, 11) is 0. The zero-order chi connectivity index (χ0) is 9.30. The smallest absolute Gasteiger partial charge is 0.583 e. The first-order chi connectivity index (χ1) is 5.52. The van der Waals surface area contributed by atoms with Crippen molar-refractivity contribution >= 4 is 5.78 Å². The first-order valence-corrected chi connectivity index (χ1v) is 3.35. The zero-order valence-electron chi connectivity index (χ0n) is 7.71. The molecule has 13 heavy (non-hydrogen) atoms. The van der Waals surface area contributed by atoms with E-state index >= 15 is 0 Å². The van der Waals surface area contributed by atoms with Gasteiger partial charge < -0.3 is 9.52 Å². The van der Waals surface area contributed by atoms with E-state index in [0.717, 1.165) is 13.0 Å². The minimum absolute atomic E-state index is 0. The Hall–Kier alpha value is 0.0564. The van der Waals surface area contributed by atoms with E-state index in [1.807, 2.05) is 0 Å². The number of hydrogen-bond acceptors (Lipinski definition) is 4. The fraction of sp³-hybridized carbons (Fsp3) is 0.250. The summed E-state index contributed by atoms with van der Waals surface area (Å²) in [5, 5.41) is 10.9. The monoisotopic (exact) mass is 206 g/mol. The normalized spacial score (nSPS) is 9.08. The second-order valence-corrected chi connectivity index (χ2v) is 2.44. The van der Waals surface area contributed by atoms with Crippen LogP contribution in [0.1, 0.15) is 23.0 Å². The molecule has 0 N–H and O–H groups in total. The van der Waals surface area contributed by atoms with Gasteiger partial charge in [-0.15, -0.1) is 0 Å². The maximum atomic E-state index is 11.0. The predicted octanol–water partition coefficient (Wildman–Crippen LogP) is -2.77. The van der Waals surface area contributed by atoms with Gasteiger partial charge in [0.2, 0.25) is 0 Å². The summed E-state index contributed by atoms with van der Waals surface area (Å²) in [4.78, 5) is 21.8. The van der Waals surface area contributed by atoms with E-state index in [9.17, 15) is 14.7 Å². The molecule has 0 radical (unpaired) electrons. The molecule has 0 aliphatic carbocycles. The molecule has 0 atom stereocenters. The van der Waals surface area contributed by atoms with E-state index < -0.39 is 22.7 Å². The summed E-state index contributed by atoms with van der Waals surface area (Å²) in [6, 6.07) is 1.12. The van der Waals surface area contributed by atoms with Gasteiger partial charge in [0.05, 0.1) is 11.5 Å². The summed E-state index contributed by atoms with van der Waals surface area (Å²) in [6.07, 6.45) is 0. The van der Waals surface area contributed by atoms with Crippen molar-refractivity contribution in [2.24, 2.45) is 0 Å². The van der Waals surface area contributed by atoms with Crippen LogP contribution in [-0.2, 0) is 0 Å². The van der Waals surface area contributed by atoms with Crippen LogP contribution in [0, 0.1) is 6.92 Å². The molecule has 5 heteroatoms. The van der Waals surface area contributed by atoms with Crippen molar-refractivity contribution < 1.29 is 65.7 Å². The number of Topliss-reactive ketones (excluding diaryl/α,β-unsaturated/α-hetero) is 1. The van der Waals surface area contributed by atoms with E-state index in [4.69, 9.17) is 0 Å². The van der Waals surface area contributed by atoms with E-state index in [-0.39, 0.29) is 57.1 Å². The second-order valence-electron chi connectivity index (χ2n) is 2.44. The average Bonchev–Trinajstić information content (AvgIpc) is 1.82. The molecule has 1 aromatic rings. The van der Waals surface area contributed by atoms with Crippen LogP contribution < -0.4 is 61.9 Å². The largest absolute Gasteiger partial charge is 1.00 e. The van der Waals surface area contributed by atoms with Crippen molar-refractivity contribution in [3.8, 4) is 5.95 Å². The van der Waals surface area contributed by atoms with Gasteiger partial charge in [-0.25, -0.2) is 0 Å². The van der Waals surface area contributed by atoms with Crippen molar-refractivity contribution in [2.45, 2.75) is 13.8 Å². The predicted molar refractivity (Wildman–Crippen MR) is 39.2 cm³/mol. The third kappa shape index (κ3) is 3.03. The molecule has 1 rings (SSSR count). The fourth-order valence-electron chi connectivity index (χ4n) is 0.901. The molecule has 0 aliphatic rings. The van der Waals surface area contributed by atoms with Crippen LogP contribution in [0.4, 0.5) is 0 Å². The standard InChI is InChI=1S/C8H8O4.K/c1-4-3-6(10)7(5(2)9)8(11)12-4;/h3,11H,1-2H3;/q;+1/p-1. The van der Waals surface area contributed by atoms with E-state index in [1.165, 1.54) is 6.92 Å². The zero-order valence-corrected chi connectivity index (χ0v) is 10.8. The third-order valence-corrected chi connectivity index (χ3v) is 1.39. The van der Waals surface area contributed by atoms with Crippen molar-refractivity contribution in [2.75, 3.05) is 0 Å². The SMILES string of the molecule is CC(=O)c1c([O-])oc(C)cc1=O.[K+]. The number of carbonyl (C=O) groups excluding carboxylic acids is 1. The Morgan fingerprint density at radius 2 is 2.08 bits per heavy atom. The van der Waals surface area contributed by atoms with Crippen molar-refractivity contribution in [3.05, 3.63) is 27.6 Å². The Kier molecular flexibility index (Phi) is 5.09. The first-order valence-electron chi connectivity index (χ1n) is 3.35. The molecule has 0 bridgehead atoms. The van der Waals surface area contributed by atoms with Gasteiger partial charge in [0.25, 0.3) is 0 Å². The average molecular weight is 206 g/mol. The van der Waals surface area contributed by atoms with Crippen molar-refractivity contribution in [3.63, 3.8) is 0 Å². The minimum Gasteiger partial charge on any atom is -0.583 e. The molecule has 0 spiro atoms. The number of ketones is 1. The molecule has 0 aromatic carbocycles. The van der Waals surface area contributed by atoms with Crippen LogP contribution in [0.2, 0.25) is 0 Å². The van der Waals surface area contributed by atoms with E-state index in [2.05, 4.69) is 4.42 Å². The van der Waals surface area contributed by atoms with Gasteiger partial charge >= 0.3 is 51.4 Å². The molecular formula is C8H7KO4. The molecule has 0 saturated carbocycles. The Morgan fingerprint density at radius 3 is 2.46 bits per heavy atom. The van der Waals surface area contributed by atoms with E-state index in [1.54, 1.807) is 0 Å². The maximum Gasteiger partial charge on any atom is 1.00 e. The quantitative estimate of drug-likeness (QED) is 0.368. The van der Waals surface area contributed by atoms with Crippen LogP contribution in [-0.4, -0.2) is 5.78 Å². The summed E-state index contributed by atoms with van der Waals surface area (Å²) in [6.45, 7) is 2.63. The molecular weight excluding hydrogens is 199 g/mol. The van der Waals surface area contributed by atoms with Gasteiger partial charge in [-0.2, -0.15) is 0 Å². The molecule has 0 amide bonds. The van der Waals surface area contributed by atoms with Gasteiger partial charge in [-0.3, -0.25) is 9.59 Å². The Labute approximate surface area is 117 Å². The van der Waals surface area contributed by atoms with Gasteiger partial charge in [-0.1, -0.05) is 0 Å². The summed E-state index contributed by atoms with van der Waals surface area (Å²) in [5.41, 5.74) is -0.975. The van der Waals surface area contributed by atoms with Gasteiger partial charge in [0.1, 0.15) is 0 Å². The Morgan fingerprint density at radius 1 is 1.54 bits per heavy atom. The van der Waals surface area contributed by atoms with Crippen LogP contribution in [0.15, 0.2) is 15.3 Å². The molecule has 1 aromatic heterocycles. The van der Waals surface area contributed by atoms with Crippen molar-refractivity contribution in [1.82, 2.24) is 0 Å². The van der Waals surface area contributed by atoms with Crippen LogP contribution in [0.5, 0.6) is 5.95 Å². The Bertz CT molecular complexity index is 380. The number of aryl methyl sites for hydroxylation is 1.